The molecule has 0 aliphatic carbocycles. The fourth-order valence-corrected chi connectivity index (χ4v) is 2.59. The number of halogens is 3. The Morgan fingerprint density at radius 3 is 2.29 bits per heavy atom. The predicted octanol–water partition coefficient (Wildman–Crippen LogP) is 3.29. The SMILES string of the molecule is COc1cccc(NC(=O)C=C[C@H](CCc2ccccc2)NC(=O)[C@H](C)N)c1.O=C(O)C(F)(F)F. The van der Waals surface area contributed by atoms with E-state index in [0.29, 0.717) is 17.9 Å². The van der Waals surface area contributed by atoms with Gasteiger partial charge in [0.25, 0.3) is 0 Å². The maximum Gasteiger partial charge on any atom is 0.490 e. The van der Waals surface area contributed by atoms with E-state index in [-0.39, 0.29) is 17.9 Å². The Morgan fingerprint density at radius 2 is 1.74 bits per heavy atom. The first-order valence-corrected chi connectivity index (χ1v) is 10.5. The Balaban J connectivity index is 0.000000762. The molecule has 190 valence electrons. The number of carbonyl (C=O) groups excluding carboxylic acids is 2. The molecular formula is C24H28F3N3O5. The summed E-state index contributed by atoms with van der Waals surface area (Å²) in [5, 5.41) is 12.8. The van der Waals surface area contributed by atoms with Crippen LogP contribution in [0, 0.1) is 0 Å². The van der Waals surface area contributed by atoms with Gasteiger partial charge in [-0.05, 0) is 37.5 Å². The summed E-state index contributed by atoms with van der Waals surface area (Å²) in [7, 11) is 1.57. The minimum atomic E-state index is -5.08. The van der Waals surface area contributed by atoms with Crippen LogP contribution >= 0.6 is 0 Å². The number of hydrogen-bond acceptors (Lipinski definition) is 5. The average molecular weight is 495 g/mol. The van der Waals surface area contributed by atoms with Gasteiger partial charge in [0.15, 0.2) is 0 Å². The van der Waals surface area contributed by atoms with Gasteiger partial charge in [-0.2, -0.15) is 13.2 Å². The van der Waals surface area contributed by atoms with Crippen LogP contribution in [0.1, 0.15) is 18.9 Å². The minimum Gasteiger partial charge on any atom is -0.497 e. The lowest BCUT2D eigenvalue weighted by Crippen LogP contribution is -2.43. The summed E-state index contributed by atoms with van der Waals surface area (Å²) in [6, 6.07) is 16.2. The van der Waals surface area contributed by atoms with Crippen molar-refractivity contribution in [1.29, 1.82) is 0 Å². The van der Waals surface area contributed by atoms with Crippen molar-refractivity contribution in [2.75, 3.05) is 12.4 Å². The number of carboxylic acid groups (broad SMARTS) is 1. The fraction of sp³-hybridized carbons (Fsp3) is 0.292. The van der Waals surface area contributed by atoms with Crippen molar-refractivity contribution in [3.05, 3.63) is 72.3 Å². The Kier molecular flexibility index (Phi) is 12.0. The van der Waals surface area contributed by atoms with Gasteiger partial charge in [0.1, 0.15) is 5.75 Å². The van der Waals surface area contributed by atoms with Crippen molar-refractivity contribution in [2.45, 2.75) is 38.0 Å². The molecule has 2 amide bonds. The van der Waals surface area contributed by atoms with Crippen molar-refractivity contribution in [3.8, 4) is 5.75 Å². The van der Waals surface area contributed by atoms with E-state index in [1.165, 1.54) is 6.08 Å². The van der Waals surface area contributed by atoms with Crippen molar-refractivity contribution in [1.82, 2.24) is 5.32 Å². The van der Waals surface area contributed by atoms with E-state index >= 15 is 0 Å². The van der Waals surface area contributed by atoms with Crippen LogP contribution in [-0.4, -0.2) is 48.3 Å². The molecule has 0 bridgehead atoms. The fourth-order valence-electron chi connectivity index (χ4n) is 2.59. The number of ether oxygens (including phenoxy) is 1. The summed E-state index contributed by atoms with van der Waals surface area (Å²) in [5.74, 6) is -2.64. The molecule has 0 aromatic heterocycles. The van der Waals surface area contributed by atoms with E-state index in [1.807, 2.05) is 30.3 Å². The molecule has 0 aliphatic heterocycles. The molecule has 8 nitrogen and oxygen atoms in total. The van der Waals surface area contributed by atoms with Crippen molar-refractivity contribution in [3.63, 3.8) is 0 Å². The van der Waals surface area contributed by atoms with E-state index < -0.39 is 18.2 Å². The van der Waals surface area contributed by atoms with Crippen LogP contribution in [0.2, 0.25) is 0 Å². The van der Waals surface area contributed by atoms with Gasteiger partial charge >= 0.3 is 12.1 Å². The number of benzene rings is 2. The van der Waals surface area contributed by atoms with Crippen LogP contribution in [0.15, 0.2) is 66.7 Å². The van der Waals surface area contributed by atoms with E-state index in [4.69, 9.17) is 20.4 Å². The molecule has 0 saturated carbocycles. The van der Waals surface area contributed by atoms with Gasteiger partial charge in [0, 0.05) is 23.9 Å². The molecule has 35 heavy (non-hydrogen) atoms. The molecule has 0 unspecified atom stereocenters. The summed E-state index contributed by atoms with van der Waals surface area (Å²) in [6.45, 7) is 1.63. The number of amides is 2. The molecule has 2 aromatic rings. The first-order chi connectivity index (χ1) is 16.4. The lowest BCUT2D eigenvalue weighted by Gasteiger charge is -2.17. The lowest BCUT2D eigenvalue weighted by atomic mass is 10.0. The van der Waals surface area contributed by atoms with Crippen LogP contribution in [0.25, 0.3) is 0 Å². The second-order valence-corrected chi connectivity index (χ2v) is 7.31. The Hall–Kier alpha value is -3.86. The first kappa shape index (κ1) is 29.2. The summed E-state index contributed by atoms with van der Waals surface area (Å²) >= 11 is 0. The maximum atomic E-state index is 12.2. The Bertz CT molecular complexity index is 995. The topological polar surface area (TPSA) is 131 Å². The van der Waals surface area contributed by atoms with Crippen molar-refractivity contribution in [2.24, 2.45) is 5.73 Å². The normalized spacial score (nSPS) is 12.6. The molecule has 5 N–H and O–H groups in total. The Morgan fingerprint density at radius 1 is 1.11 bits per heavy atom. The predicted molar refractivity (Wildman–Crippen MR) is 125 cm³/mol. The van der Waals surface area contributed by atoms with Gasteiger partial charge in [-0.1, -0.05) is 42.5 Å². The zero-order valence-corrected chi connectivity index (χ0v) is 19.2. The molecule has 11 heteroatoms. The third-order valence-electron chi connectivity index (χ3n) is 4.39. The molecule has 0 heterocycles. The number of methoxy groups -OCH3 is 1. The second kappa shape index (κ2) is 14.4. The van der Waals surface area contributed by atoms with E-state index in [9.17, 15) is 22.8 Å². The summed E-state index contributed by atoms with van der Waals surface area (Å²) < 4.78 is 36.9. The zero-order chi connectivity index (χ0) is 26.4. The van der Waals surface area contributed by atoms with E-state index in [1.54, 1.807) is 44.4 Å². The number of carbonyl (C=O) groups is 3. The zero-order valence-electron chi connectivity index (χ0n) is 19.2. The minimum absolute atomic E-state index is 0.254. The number of nitrogens with one attached hydrogen (secondary N) is 2. The highest BCUT2D eigenvalue weighted by atomic mass is 19.4. The number of carboxylic acids is 1. The molecule has 0 aliphatic rings. The van der Waals surface area contributed by atoms with Crippen LogP contribution in [-0.2, 0) is 20.8 Å². The molecular weight excluding hydrogens is 467 g/mol. The molecule has 0 saturated heterocycles. The quantitative estimate of drug-likeness (QED) is 0.395. The molecule has 2 atom stereocenters. The van der Waals surface area contributed by atoms with Gasteiger partial charge in [0.05, 0.1) is 13.2 Å². The number of aryl methyl sites for hydroxylation is 1. The number of anilines is 1. The largest absolute Gasteiger partial charge is 0.497 e. The van der Waals surface area contributed by atoms with Gasteiger partial charge in [-0.3, -0.25) is 9.59 Å². The van der Waals surface area contributed by atoms with Crippen molar-refractivity contribution >= 4 is 23.5 Å². The molecule has 2 rings (SSSR count). The smallest absolute Gasteiger partial charge is 0.490 e. The Labute approximate surface area is 201 Å². The number of alkyl halides is 3. The highest BCUT2D eigenvalue weighted by Crippen LogP contribution is 2.16. The number of nitrogens with two attached hydrogens (primary N) is 1. The van der Waals surface area contributed by atoms with Gasteiger partial charge < -0.3 is 26.2 Å². The third kappa shape index (κ3) is 12.2. The standard InChI is InChI=1S/C22H27N3O3.C2HF3O2/c1-16(23)22(27)25-18(12-11-17-7-4-3-5-8-17)13-14-21(26)24-19-9-6-10-20(15-19)28-2;3-2(4,5)1(6)7/h3-10,13-16,18H,11-12,23H2,1-2H3,(H,24,26)(H,25,27);(H,6,7)/t16-,18-;/m0./s1. The van der Waals surface area contributed by atoms with Gasteiger partial charge in [0.2, 0.25) is 11.8 Å². The summed E-state index contributed by atoms with van der Waals surface area (Å²) in [6.07, 6.45) is -0.534. The van der Waals surface area contributed by atoms with Crippen LogP contribution in [0.5, 0.6) is 5.75 Å². The van der Waals surface area contributed by atoms with Crippen LogP contribution in [0.4, 0.5) is 18.9 Å². The second-order valence-electron chi connectivity index (χ2n) is 7.31. The van der Waals surface area contributed by atoms with Crippen LogP contribution in [0.3, 0.4) is 0 Å². The maximum absolute atomic E-state index is 12.2. The third-order valence-corrected chi connectivity index (χ3v) is 4.39. The lowest BCUT2D eigenvalue weighted by molar-refractivity contribution is -0.192. The van der Waals surface area contributed by atoms with Crippen molar-refractivity contribution < 1.29 is 37.4 Å². The van der Waals surface area contributed by atoms with E-state index in [2.05, 4.69) is 10.6 Å². The monoisotopic (exact) mass is 495 g/mol. The molecule has 0 spiro atoms. The number of hydrogen-bond donors (Lipinski definition) is 4. The van der Waals surface area contributed by atoms with E-state index in [0.717, 1.165) is 12.0 Å². The number of aliphatic carboxylic acids is 1. The summed E-state index contributed by atoms with van der Waals surface area (Å²) in [4.78, 5) is 33.1. The van der Waals surface area contributed by atoms with Crippen LogP contribution < -0.4 is 21.1 Å². The van der Waals surface area contributed by atoms with Gasteiger partial charge in [-0.25, -0.2) is 4.79 Å². The highest BCUT2D eigenvalue weighted by Gasteiger charge is 2.38. The average Bonchev–Trinajstić information content (AvgIpc) is 2.81. The summed E-state index contributed by atoms with van der Waals surface area (Å²) in [5.41, 5.74) is 7.45. The van der Waals surface area contributed by atoms with Gasteiger partial charge in [-0.15, -0.1) is 0 Å². The highest BCUT2D eigenvalue weighted by molar-refractivity contribution is 5.99. The number of rotatable bonds is 9. The first-order valence-electron chi connectivity index (χ1n) is 10.5. The molecule has 0 radical (unpaired) electrons. The molecule has 0 fully saturated rings. The molecule has 2 aromatic carbocycles.